The van der Waals surface area contributed by atoms with Gasteiger partial charge in [0.15, 0.2) is 5.78 Å². The number of carbonyl (C=O) groups excluding carboxylic acids is 2. The maximum atomic E-state index is 12.8. The lowest BCUT2D eigenvalue weighted by Crippen LogP contribution is -2.31. The van der Waals surface area contributed by atoms with Crippen molar-refractivity contribution in [3.63, 3.8) is 0 Å². The van der Waals surface area contributed by atoms with Gasteiger partial charge in [0.25, 0.3) is 0 Å². The third kappa shape index (κ3) is 4.69. The summed E-state index contributed by atoms with van der Waals surface area (Å²) in [5.41, 5.74) is 7.99. The Morgan fingerprint density at radius 3 is 2.58 bits per heavy atom. The summed E-state index contributed by atoms with van der Waals surface area (Å²) in [4.78, 5) is 25.4. The van der Waals surface area contributed by atoms with Crippen LogP contribution in [0, 0.1) is 0 Å². The van der Waals surface area contributed by atoms with E-state index in [0.717, 1.165) is 5.56 Å². The molecule has 2 aromatic carbocycles. The second kappa shape index (κ2) is 9.67. The number of allylic oxidation sites excluding steroid dienone is 2. The highest BCUT2D eigenvalue weighted by atomic mass is 35.5. The summed E-state index contributed by atoms with van der Waals surface area (Å²) >= 11 is 18.5. The van der Waals surface area contributed by atoms with E-state index in [2.05, 4.69) is 0 Å². The van der Waals surface area contributed by atoms with Gasteiger partial charge in [-0.2, -0.15) is 0 Å². The monoisotopic (exact) mass is 507 g/mol. The van der Waals surface area contributed by atoms with Gasteiger partial charge in [0.1, 0.15) is 23.7 Å². The number of ether oxygens (including phenoxy) is 3. The van der Waals surface area contributed by atoms with E-state index in [4.69, 9.17) is 54.7 Å². The first-order chi connectivity index (χ1) is 15.8. The molecule has 4 rings (SSSR count). The fourth-order valence-electron chi connectivity index (χ4n) is 4.00. The van der Waals surface area contributed by atoms with Crippen molar-refractivity contribution in [3.05, 3.63) is 85.4 Å². The van der Waals surface area contributed by atoms with Gasteiger partial charge in [-0.05, 0) is 41.8 Å². The summed E-state index contributed by atoms with van der Waals surface area (Å²) in [5.74, 6) is -0.659. The highest BCUT2D eigenvalue weighted by Gasteiger charge is 2.41. The van der Waals surface area contributed by atoms with Gasteiger partial charge < -0.3 is 19.9 Å². The molecule has 6 nitrogen and oxygen atoms in total. The molecular weight excluding hydrogens is 489 g/mol. The molecule has 0 bridgehead atoms. The molecule has 0 spiro atoms. The molecule has 2 aliphatic rings. The van der Waals surface area contributed by atoms with Crippen molar-refractivity contribution in [1.82, 2.24) is 0 Å². The van der Waals surface area contributed by atoms with Crippen LogP contribution in [0.25, 0.3) is 0 Å². The SMILES string of the molecule is COC(=O)C1=C(N)OC2=C(C(=O)CCC2)[C@H]1c1ccc(OCc2ccc(Cl)c(Cl)c2)c(Cl)c1. The smallest absolute Gasteiger partial charge is 0.340 e. The van der Waals surface area contributed by atoms with Crippen molar-refractivity contribution in [3.8, 4) is 5.75 Å². The van der Waals surface area contributed by atoms with Crippen molar-refractivity contribution in [1.29, 1.82) is 0 Å². The van der Waals surface area contributed by atoms with Crippen LogP contribution in [0.1, 0.15) is 36.3 Å². The molecule has 1 heterocycles. The van der Waals surface area contributed by atoms with Crippen LogP contribution in [0.5, 0.6) is 5.75 Å². The van der Waals surface area contributed by atoms with E-state index in [0.29, 0.717) is 57.0 Å². The number of carbonyl (C=O) groups is 2. The Labute approximate surface area is 205 Å². The third-order valence-electron chi connectivity index (χ3n) is 5.56. The molecule has 2 aromatic rings. The first-order valence-electron chi connectivity index (χ1n) is 10.2. The largest absolute Gasteiger partial charge is 0.487 e. The molecule has 0 aromatic heterocycles. The Bertz CT molecular complexity index is 1200. The molecule has 2 N–H and O–H groups in total. The minimum absolute atomic E-state index is 0.0728. The fraction of sp³-hybridized carbons (Fsp3) is 0.250. The lowest BCUT2D eigenvalue weighted by atomic mass is 9.77. The van der Waals surface area contributed by atoms with E-state index < -0.39 is 11.9 Å². The number of esters is 1. The molecule has 1 atom stereocenters. The van der Waals surface area contributed by atoms with Crippen LogP contribution >= 0.6 is 34.8 Å². The Kier molecular flexibility index (Phi) is 6.88. The highest BCUT2D eigenvalue weighted by Crippen LogP contribution is 2.45. The molecule has 0 amide bonds. The lowest BCUT2D eigenvalue weighted by Gasteiger charge is -2.32. The predicted molar refractivity (Wildman–Crippen MR) is 125 cm³/mol. The molecule has 0 unspecified atom stereocenters. The zero-order valence-electron chi connectivity index (χ0n) is 17.6. The van der Waals surface area contributed by atoms with Gasteiger partial charge in [-0.15, -0.1) is 0 Å². The zero-order chi connectivity index (χ0) is 23.7. The molecule has 1 aliphatic carbocycles. The minimum Gasteiger partial charge on any atom is -0.487 e. The molecule has 33 heavy (non-hydrogen) atoms. The summed E-state index contributed by atoms with van der Waals surface area (Å²) in [6, 6.07) is 10.3. The summed E-state index contributed by atoms with van der Waals surface area (Å²) < 4.78 is 16.4. The van der Waals surface area contributed by atoms with Crippen molar-refractivity contribution in [2.24, 2.45) is 5.73 Å². The second-order valence-electron chi connectivity index (χ2n) is 7.65. The van der Waals surface area contributed by atoms with Crippen LogP contribution in [-0.2, 0) is 25.7 Å². The van der Waals surface area contributed by atoms with E-state index >= 15 is 0 Å². The van der Waals surface area contributed by atoms with Crippen molar-refractivity contribution >= 4 is 46.6 Å². The Balaban J connectivity index is 1.67. The summed E-state index contributed by atoms with van der Waals surface area (Å²) in [7, 11) is 1.25. The number of hydrogen-bond acceptors (Lipinski definition) is 6. The quantitative estimate of drug-likeness (QED) is 0.522. The van der Waals surface area contributed by atoms with E-state index in [1.54, 1.807) is 36.4 Å². The van der Waals surface area contributed by atoms with Crippen molar-refractivity contribution in [2.75, 3.05) is 7.11 Å². The first kappa shape index (κ1) is 23.5. The van der Waals surface area contributed by atoms with E-state index in [9.17, 15) is 9.59 Å². The summed E-state index contributed by atoms with van der Waals surface area (Å²) in [5, 5.41) is 1.20. The van der Waals surface area contributed by atoms with Crippen LogP contribution in [0.2, 0.25) is 15.1 Å². The van der Waals surface area contributed by atoms with Crippen LogP contribution in [-0.4, -0.2) is 18.9 Å². The number of Topliss-reactive ketones (excluding diaryl/α,β-unsaturated/α-hetero) is 1. The Morgan fingerprint density at radius 1 is 1.09 bits per heavy atom. The standard InChI is InChI=1S/C24H20Cl3NO5/c1-31-24(30)22-20(21-17(29)3-2-4-19(21)33-23(22)28)13-6-8-18(16(27)10-13)32-11-12-5-7-14(25)15(26)9-12/h5-10,20H,2-4,11,28H2,1H3/t20-/m1/s1. The number of halogens is 3. The number of ketones is 1. The first-order valence-corrected chi connectivity index (χ1v) is 11.3. The van der Waals surface area contributed by atoms with E-state index in [1.807, 2.05) is 0 Å². The second-order valence-corrected chi connectivity index (χ2v) is 8.87. The van der Waals surface area contributed by atoms with Crippen LogP contribution in [0.4, 0.5) is 0 Å². The summed E-state index contributed by atoms with van der Waals surface area (Å²) in [6.07, 6.45) is 1.59. The van der Waals surface area contributed by atoms with E-state index in [-0.39, 0.29) is 23.8 Å². The Hall–Kier alpha value is -2.67. The molecule has 0 saturated heterocycles. The third-order valence-corrected chi connectivity index (χ3v) is 6.59. The van der Waals surface area contributed by atoms with Gasteiger partial charge in [-0.1, -0.05) is 46.9 Å². The normalized spacial score (nSPS) is 18.1. The van der Waals surface area contributed by atoms with Crippen molar-refractivity contribution < 1.29 is 23.8 Å². The lowest BCUT2D eigenvalue weighted by molar-refractivity contribution is -0.136. The Morgan fingerprint density at radius 2 is 1.88 bits per heavy atom. The van der Waals surface area contributed by atoms with Gasteiger partial charge >= 0.3 is 5.97 Å². The molecule has 0 saturated carbocycles. The number of hydrogen-bond donors (Lipinski definition) is 1. The number of nitrogens with two attached hydrogens (primary N) is 1. The average Bonchev–Trinajstić information content (AvgIpc) is 2.79. The zero-order valence-corrected chi connectivity index (χ0v) is 19.9. The molecule has 9 heteroatoms. The van der Waals surface area contributed by atoms with Crippen LogP contribution < -0.4 is 10.5 Å². The van der Waals surface area contributed by atoms with Gasteiger partial charge in [-0.25, -0.2) is 4.79 Å². The van der Waals surface area contributed by atoms with E-state index in [1.165, 1.54) is 7.11 Å². The van der Waals surface area contributed by atoms with Crippen molar-refractivity contribution in [2.45, 2.75) is 31.8 Å². The maximum absolute atomic E-state index is 12.8. The molecule has 0 fully saturated rings. The number of rotatable bonds is 5. The fourth-order valence-corrected chi connectivity index (χ4v) is 4.57. The maximum Gasteiger partial charge on any atom is 0.340 e. The van der Waals surface area contributed by atoms with Gasteiger partial charge in [0.05, 0.1) is 28.1 Å². The predicted octanol–water partition coefficient (Wildman–Crippen LogP) is 5.69. The minimum atomic E-state index is -0.740. The average molecular weight is 509 g/mol. The van der Waals surface area contributed by atoms with Crippen LogP contribution in [0.15, 0.2) is 59.2 Å². The molecule has 1 aliphatic heterocycles. The van der Waals surface area contributed by atoms with Gasteiger partial charge in [-0.3, -0.25) is 4.79 Å². The number of methoxy groups -OCH3 is 1. The molecule has 0 radical (unpaired) electrons. The molecular formula is C24H20Cl3NO5. The highest BCUT2D eigenvalue weighted by molar-refractivity contribution is 6.42. The van der Waals surface area contributed by atoms with Gasteiger partial charge in [0, 0.05) is 18.4 Å². The van der Waals surface area contributed by atoms with Gasteiger partial charge in [0.2, 0.25) is 5.88 Å². The summed E-state index contributed by atoms with van der Waals surface area (Å²) in [6.45, 7) is 0.223. The molecule has 172 valence electrons. The topological polar surface area (TPSA) is 87.9 Å². The number of benzene rings is 2. The van der Waals surface area contributed by atoms with Crippen LogP contribution in [0.3, 0.4) is 0 Å².